The number of likely N-dealkylation sites (N-methyl/N-ethyl adjacent to an activating group) is 1. The Bertz CT molecular complexity index is 498. The van der Waals surface area contributed by atoms with Gasteiger partial charge in [-0.2, -0.15) is 0 Å². The van der Waals surface area contributed by atoms with Crippen LogP contribution in [0.25, 0.3) is 0 Å². The maximum absolute atomic E-state index is 3.59. The van der Waals surface area contributed by atoms with Gasteiger partial charge in [-0.15, -0.1) is 0 Å². The second-order valence-electron chi connectivity index (χ2n) is 7.68. The minimum atomic E-state index is 0.665. The fourth-order valence-corrected chi connectivity index (χ4v) is 5.20. The molecular formula is C19H28N2. The van der Waals surface area contributed by atoms with Crippen LogP contribution >= 0.6 is 0 Å². The summed E-state index contributed by atoms with van der Waals surface area (Å²) in [5.74, 6) is 3.78. The molecule has 2 saturated carbocycles. The van der Waals surface area contributed by atoms with E-state index in [-0.39, 0.29) is 0 Å². The van der Waals surface area contributed by atoms with E-state index in [1.807, 2.05) is 0 Å². The van der Waals surface area contributed by atoms with Gasteiger partial charge in [0, 0.05) is 32.1 Å². The number of nitrogens with zero attached hydrogens (tertiary/aromatic N) is 1. The molecule has 0 spiro atoms. The van der Waals surface area contributed by atoms with Crippen LogP contribution in [0.4, 0.5) is 0 Å². The van der Waals surface area contributed by atoms with Gasteiger partial charge in [0.05, 0.1) is 0 Å². The molecular weight excluding hydrogens is 256 g/mol. The highest BCUT2D eigenvalue weighted by atomic mass is 15.1. The topological polar surface area (TPSA) is 15.3 Å². The van der Waals surface area contributed by atoms with Crippen molar-refractivity contribution in [2.75, 3.05) is 26.7 Å². The molecule has 1 aromatic rings. The van der Waals surface area contributed by atoms with E-state index in [4.69, 9.17) is 0 Å². The Morgan fingerprint density at radius 3 is 2.86 bits per heavy atom. The highest BCUT2D eigenvalue weighted by Crippen LogP contribution is 2.48. The molecule has 1 N–H and O–H groups in total. The Hall–Kier alpha value is -0.860. The quantitative estimate of drug-likeness (QED) is 0.913. The van der Waals surface area contributed by atoms with E-state index in [0.717, 1.165) is 30.8 Å². The second-order valence-corrected chi connectivity index (χ2v) is 7.68. The van der Waals surface area contributed by atoms with Crippen LogP contribution in [0.5, 0.6) is 0 Å². The molecule has 0 saturated heterocycles. The van der Waals surface area contributed by atoms with Crippen LogP contribution in [-0.4, -0.2) is 31.6 Å². The van der Waals surface area contributed by atoms with E-state index >= 15 is 0 Å². The first kappa shape index (κ1) is 13.8. The average Bonchev–Trinajstić information content (AvgIpc) is 3.10. The average molecular weight is 284 g/mol. The van der Waals surface area contributed by atoms with Crippen molar-refractivity contribution in [2.45, 2.75) is 38.1 Å². The summed E-state index contributed by atoms with van der Waals surface area (Å²) in [7, 11) is 2.34. The van der Waals surface area contributed by atoms with Gasteiger partial charge >= 0.3 is 0 Å². The Kier molecular flexibility index (Phi) is 3.76. The number of fused-ring (bicyclic) bond motifs is 3. The van der Waals surface area contributed by atoms with Crippen molar-refractivity contribution in [3.8, 4) is 0 Å². The zero-order valence-corrected chi connectivity index (χ0v) is 13.2. The van der Waals surface area contributed by atoms with Crippen molar-refractivity contribution in [3.63, 3.8) is 0 Å². The molecule has 1 heterocycles. The summed E-state index contributed by atoms with van der Waals surface area (Å²) in [5.41, 5.74) is 3.08. The van der Waals surface area contributed by atoms with Crippen LogP contribution in [-0.2, 0) is 6.54 Å². The van der Waals surface area contributed by atoms with Crippen LogP contribution in [0, 0.1) is 17.8 Å². The van der Waals surface area contributed by atoms with Gasteiger partial charge in [-0.1, -0.05) is 30.7 Å². The normalized spacial score (nSPS) is 34.4. The molecule has 4 atom stereocenters. The fraction of sp³-hybridized carbons (Fsp3) is 0.684. The lowest BCUT2D eigenvalue weighted by molar-refractivity contribution is 0.208. The van der Waals surface area contributed by atoms with Gasteiger partial charge in [0.15, 0.2) is 0 Å². The van der Waals surface area contributed by atoms with E-state index in [9.17, 15) is 0 Å². The van der Waals surface area contributed by atoms with Crippen LogP contribution in [0.15, 0.2) is 24.3 Å². The molecule has 2 fully saturated rings. The second kappa shape index (κ2) is 5.73. The third-order valence-electron chi connectivity index (χ3n) is 6.16. The van der Waals surface area contributed by atoms with Crippen molar-refractivity contribution >= 4 is 0 Å². The summed E-state index contributed by atoms with van der Waals surface area (Å²) in [4.78, 5) is 2.61. The van der Waals surface area contributed by atoms with E-state index < -0.39 is 0 Å². The third-order valence-corrected chi connectivity index (χ3v) is 6.16. The van der Waals surface area contributed by atoms with Crippen molar-refractivity contribution in [1.29, 1.82) is 0 Å². The smallest absolute Gasteiger partial charge is 0.0208 e. The third kappa shape index (κ3) is 2.76. The zero-order chi connectivity index (χ0) is 14.2. The summed E-state index contributed by atoms with van der Waals surface area (Å²) in [6, 6.07) is 8.99. The first-order chi connectivity index (χ1) is 10.3. The van der Waals surface area contributed by atoms with E-state index in [0.29, 0.717) is 5.92 Å². The standard InChI is InChI=1S/C19H28N2/c1-21(12-17-9-14-6-7-15(17)8-14)13-18-11-20-10-16-4-2-3-5-19(16)18/h2-5,14-15,17-18,20H,6-13H2,1H3. The molecule has 2 aliphatic carbocycles. The maximum atomic E-state index is 3.59. The summed E-state index contributed by atoms with van der Waals surface area (Å²) in [6.45, 7) is 4.71. The number of hydrogen-bond donors (Lipinski definition) is 1. The SMILES string of the molecule is CN(CC1CNCc2ccccc21)CC1CC2CCC1C2. The first-order valence-corrected chi connectivity index (χ1v) is 8.76. The number of rotatable bonds is 4. The molecule has 2 nitrogen and oxygen atoms in total. The Labute approximate surface area is 128 Å². The van der Waals surface area contributed by atoms with Gasteiger partial charge in [0.2, 0.25) is 0 Å². The van der Waals surface area contributed by atoms with E-state index in [1.165, 1.54) is 44.3 Å². The zero-order valence-electron chi connectivity index (χ0n) is 13.2. The van der Waals surface area contributed by atoms with Crippen molar-refractivity contribution in [3.05, 3.63) is 35.4 Å². The highest BCUT2D eigenvalue weighted by Gasteiger charge is 2.39. The molecule has 4 unspecified atom stereocenters. The van der Waals surface area contributed by atoms with Gasteiger partial charge in [-0.25, -0.2) is 0 Å². The number of hydrogen-bond acceptors (Lipinski definition) is 2. The van der Waals surface area contributed by atoms with Gasteiger partial charge in [0.1, 0.15) is 0 Å². The Morgan fingerprint density at radius 1 is 1.14 bits per heavy atom. The van der Waals surface area contributed by atoms with Crippen molar-refractivity contribution in [2.24, 2.45) is 17.8 Å². The molecule has 0 radical (unpaired) electrons. The lowest BCUT2D eigenvalue weighted by Gasteiger charge is -2.32. The van der Waals surface area contributed by atoms with Crippen LogP contribution in [0.3, 0.4) is 0 Å². The number of nitrogens with one attached hydrogen (secondary N) is 1. The van der Waals surface area contributed by atoms with Crippen LogP contribution < -0.4 is 5.32 Å². The molecule has 0 amide bonds. The first-order valence-electron chi connectivity index (χ1n) is 8.76. The highest BCUT2D eigenvalue weighted by molar-refractivity contribution is 5.32. The minimum Gasteiger partial charge on any atom is -0.312 e. The van der Waals surface area contributed by atoms with Crippen LogP contribution in [0.2, 0.25) is 0 Å². The fourth-order valence-electron chi connectivity index (χ4n) is 5.20. The van der Waals surface area contributed by atoms with Gasteiger partial charge < -0.3 is 10.2 Å². The van der Waals surface area contributed by atoms with Crippen molar-refractivity contribution in [1.82, 2.24) is 10.2 Å². The van der Waals surface area contributed by atoms with E-state index in [2.05, 4.69) is 41.5 Å². The molecule has 4 rings (SSSR count). The lowest BCUT2D eigenvalue weighted by Crippen LogP contribution is -2.37. The molecule has 2 heteroatoms. The summed E-state index contributed by atoms with van der Waals surface area (Å²) < 4.78 is 0. The summed E-state index contributed by atoms with van der Waals surface area (Å²) in [5, 5.41) is 3.59. The molecule has 21 heavy (non-hydrogen) atoms. The molecule has 0 aromatic heterocycles. The van der Waals surface area contributed by atoms with Gasteiger partial charge in [-0.3, -0.25) is 0 Å². The molecule has 1 aliphatic heterocycles. The molecule has 2 bridgehead atoms. The minimum absolute atomic E-state index is 0.665. The molecule has 3 aliphatic rings. The maximum Gasteiger partial charge on any atom is 0.0208 e. The lowest BCUT2D eigenvalue weighted by atomic mass is 9.87. The number of benzene rings is 1. The molecule has 1 aromatic carbocycles. The Morgan fingerprint density at radius 2 is 2.05 bits per heavy atom. The van der Waals surface area contributed by atoms with Gasteiger partial charge in [-0.05, 0) is 55.2 Å². The van der Waals surface area contributed by atoms with Crippen molar-refractivity contribution < 1.29 is 0 Å². The van der Waals surface area contributed by atoms with Crippen LogP contribution in [0.1, 0.15) is 42.7 Å². The largest absolute Gasteiger partial charge is 0.312 e. The summed E-state index contributed by atoms with van der Waals surface area (Å²) >= 11 is 0. The van der Waals surface area contributed by atoms with Gasteiger partial charge in [0.25, 0.3) is 0 Å². The monoisotopic (exact) mass is 284 g/mol. The molecule has 114 valence electrons. The predicted octanol–water partition coefficient (Wildman–Crippen LogP) is 3.24. The van der Waals surface area contributed by atoms with E-state index in [1.54, 1.807) is 5.56 Å². The predicted molar refractivity (Wildman–Crippen MR) is 87.3 cm³/mol. The Balaban J connectivity index is 1.38. The summed E-state index contributed by atoms with van der Waals surface area (Å²) in [6.07, 6.45) is 6.07.